The summed E-state index contributed by atoms with van der Waals surface area (Å²) in [5, 5.41) is 0. The van der Waals surface area contributed by atoms with Gasteiger partial charge >= 0.3 is 0 Å². The van der Waals surface area contributed by atoms with Gasteiger partial charge in [0.2, 0.25) is 5.69 Å². The topological polar surface area (TPSA) is 21.1 Å². The largest absolute Gasteiger partial charge is 1.00 e. The fourth-order valence-corrected chi connectivity index (χ4v) is 1.88. The van der Waals surface area contributed by atoms with Gasteiger partial charge in [0.15, 0.2) is 12.0 Å². The van der Waals surface area contributed by atoms with Gasteiger partial charge in [0.25, 0.3) is 0 Å². The normalized spacial score (nSPS) is 13.3. The van der Waals surface area contributed by atoms with Crippen LogP contribution in [-0.2, 0) is 6.54 Å². The van der Waals surface area contributed by atoms with Crippen LogP contribution < -0.4 is 24.0 Å². The Kier molecular flexibility index (Phi) is 2.68. The molecular formula is C11H11IN2O. The zero-order chi connectivity index (χ0) is 9.54. The predicted molar refractivity (Wildman–Crippen MR) is 53.3 cm³/mol. The summed E-state index contributed by atoms with van der Waals surface area (Å²) in [6.45, 7) is 0.811. The molecule has 0 unspecified atom stereocenters. The standard InChI is InChI=1S/C11H11N2O.HI/c1-12-7-9-3-2-5-13(9)8-11-10(12)4-6-14-11;/h2-7H,8H2,1H3;1H/q+1;/p-1. The Bertz CT molecular complexity index is 510. The molecule has 0 spiro atoms. The smallest absolute Gasteiger partial charge is 0.248 e. The molecule has 2 aromatic heterocycles. The maximum Gasteiger partial charge on any atom is 0.248 e. The first-order valence-corrected chi connectivity index (χ1v) is 4.64. The van der Waals surface area contributed by atoms with Crippen LogP contribution in [0.4, 0.5) is 5.69 Å². The van der Waals surface area contributed by atoms with Gasteiger partial charge in [-0.3, -0.25) is 0 Å². The lowest BCUT2D eigenvalue weighted by Crippen LogP contribution is -3.00. The van der Waals surface area contributed by atoms with E-state index in [1.54, 1.807) is 6.26 Å². The fraction of sp³-hybridized carbons (Fsp3) is 0.182. The summed E-state index contributed by atoms with van der Waals surface area (Å²) < 4.78 is 9.72. The maximum absolute atomic E-state index is 5.45. The molecular weight excluding hydrogens is 303 g/mol. The zero-order valence-electron chi connectivity index (χ0n) is 8.35. The average Bonchev–Trinajstić information content (AvgIpc) is 2.75. The predicted octanol–water partition coefficient (Wildman–Crippen LogP) is -1.16. The Labute approximate surface area is 105 Å². The lowest BCUT2D eigenvalue weighted by molar-refractivity contribution is -0.399. The van der Waals surface area contributed by atoms with Gasteiger partial charge in [0.05, 0.1) is 12.8 Å². The molecule has 78 valence electrons. The molecule has 3 nitrogen and oxygen atoms in total. The molecule has 3 rings (SSSR count). The Morgan fingerprint density at radius 2 is 2.27 bits per heavy atom. The lowest BCUT2D eigenvalue weighted by atomic mass is 10.3. The minimum atomic E-state index is 0. The van der Waals surface area contributed by atoms with Gasteiger partial charge in [-0.1, -0.05) is 0 Å². The first-order chi connectivity index (χ1) is 6.84. The van der Waals surface area contributed by atoms with Crippen LogP contribution in [0.1, 0.15) is 11.5 Å². The van der Waals surface area contributed by atoms with Crippen LogP contribution in [0.3, 0.4) is 0 Å². The van der Waals surface area contributed by atoms with Crippen LogP contribution in [0.15, 0.2) is 35.1 Å². The van der Waals surface area contributed by atoms with E-state index < -0.39 is 0 Å². The Hall–Kier alpha value is -1.04. The summed E-state index contributed by atoms with van der Waals surface area (Å²) in [6, 6.07) is 6.15. The second-order valence-electron chi connectivity index (χ2n) is 3.53. The minimum absolute atomic E-state index is 0. The van der Waals surface area contributed by atoms with Crippen molar-refractivity contribution in [3.63, 3.8) is 0 Å². The van der Waals surface area contributed by atoms with E-state index in [4.69, 9.17) is 4.42 Å². The van der Waals surface area contributed by atoms with Crippen molar-refractivity contribution in [1.29, 1.82) is 0 Å². The van der Waals surface area contributed by atoms with Crippen molar-refractivity contribution < 1.29 is 33.0 Å². The highest BCUT2D eigenvalue weighted by Gasteiger charge is 2.20. The molecule has 0 aliphatic carbocycles. The van der Waals surface area contributed by atoms with Crippen LogP contribution in [-0.4, -0.2) is 22.4 Å². The highest BCUT2D eigenvalue weighted by Crippen LogP contribution is 2.23. The van der Waals surface area contributed by atoms with Crippen LogP contribution in [0.2, 0.25) is 0 Å². The third-order valence-electron chi connectivity index (χ3n) is 2.61. The second kappa shape index (κ2) is 3.84. The molecule has 0 saturated heterocycles. The van der Waals surface area contributed by atoms with Crippen molar-refractivity contribution in [3.8, 4) is 0 Å². The van der Waals surface area contributed by atoms with Gasteiger partial charge in [-0.2, -0.15) is 4.58 Å². The van der Waals surface area contributed by atoms with Crippen molar-refractivity contribution in [1.82, 2.24) is 4.57 Å². The molecule has 2 aromatic rings. The number of halogens is 1. The van der Waals surface area contributed by atoms with Crippen LogP contribution in [0, 0.1) is 0 Å². The third-order valence-corrected chi connectivity index (χ3v) is 2.61. The van der Waals surface area contributed by atoms with Crippen molar-refractivity contribution in [2.45, 2.75) is 6.54 Å². The monoisotopic (exact) mass is 314 g/mol. The van der Waals surface area contributed by atoms with Crippen LogP contribution in [0.25, 0.3) is 0 Å². The fourth-order valence-electron chi connectivity index (χ4n) is 1.88. The molecule has 0 atom stereocenters. The molecule has 3 heterocycles. The van der Waals surface area contributed by atoms with Crippen LogP contribution >= 0.6 is 0 Å². The second-order valence-corrected chi connectivity index (χ2v) is 3.53. The first-order valence-electron chi connectivity index (χ1n) is 4.64. The highest BCUT2D eigenvalue weighted by molar-refractivity contribution is 5.75. The number of aromatic nitrogens is 1. The van der Waals surface area contributed by atoms with Gasteiger partial charge in [-0.05, 0) is 12.1 Å². The minimum Gasteiger partial charge on any atom is -1.00 e. The molecule has 0 fully saturated rings. The summed E-state index contributed by atoms with van der Waals surface area (Å²) in [6.07, 6.45) is 5.92. The van der Waals surface area contributed by atoms with E-state index in [2.05, 4.69) is 27.6 Å². The lowest BCUT2D eigenvalue weighted by Gasteiger charge is -1.98. The molecule has 0 saturated carbocycles. The van der Waals surface area contributed by atoms with Crippen molar-refractivity contribution in [2.75, 3.05) is 7.05 Å². The van der Waals surface area contributed by atoms with E-state index in [9.17, 15) is 0 Å². The van der Waals surface area contributed by atoms with Crippen LogP contribution in [0.5, 0.6) is 0 Å². The van der Waals surface area contributed by atoms with E-state index in [1.807, 2.05) is 19.2 Å². The number of rotatable bonds is 0. The number of nitrogens with zero attached hydrogens (tertiary/aromatic N) is 2. The zero-order valence-corrected chi connectivity index (χ0v) is 10.5. The van der Waals surface area contributed by atoms with E-state index in [0.717, 1.165) is 18.0 Å². The molecule has 0 aromatic carbocycles. The van der Waals surface area contributed by atoms with Gasteiger partial charge < -0.3 is 33.0 Å². The van der Waals surface area contributed by atoms with Gasteiger partial charge in [-0.15, -0.1) is 0 Å². The Balaban J connectivity index is 0.000000853. The molecule has 4 heteroatoms. The summed E-state index contributed by atoms with van der Waals surface area (Å²) >= 11 is 0. The first kappa shape index (κ1) is 10.5. The summed E-state index contributed by atoms with van der Waals surface area (Å²) in [4.78, 5) is 0. The summed E-state index contributed by atoms with van der Waals surface area (Å²) in [5.41, 5.74) is 2.35. The number of hydrogen-bond acceptors (Lipinski definition) is 1. The van der Waals surface area contributed by atoms with Gasteiger partial charge in [-0.25, -0.2) is 0 Å². The molecule has 15 heavy (non-hydrogen) atoms. The van der Waals surface area contributed by atoms with Crippen molar-refractivity contribution in [2.24, 2.45) is 0 Å². The summed E-state index contributed by atoms with van der Waals surface area (Å²) in [7, 11) is 2.04. The average molecular weight is 314 g/mol. The van der Waals surface area contributed by atoms with Crippen molar-refractivity contribution >= 4 is 11.9 Å². The molecule has 0 bridgehead atoms. The number of furan rings is 1. The molecule has 0 amide bonds. The van der Waals surface area contributed by atoms with E-state index in [0.29, 0.717) is 0 Å². The van der Waals surface area contributed by atoms with Gasteiger partial charge in [0, 0.05) is 12.3 Å². The molecule has 0 N–H and O–H groups in total. The number of hydrogen-bond donors (Lipinski definition) is 0. The van der Waals surface area contributed by atoms with Crippen molar-refractivity contribution in [3.05, 3.63) is 42.1 Å². The van der Waals surface area contributed by atoms with Gasteiger partial charge in [0.1, 0.15) is 12.7 Å². The SMILES string of the molecule is C[N+]1=Cc2cccn2Cc2occc21.[I-]. The maximum atomic E-state index is 5.45. The third kappa shape index (κ3) is 1.62. The molecule has 0 radical (unpaired) electrons. The quantitative estimate of drug-likeness (QED) is 0.444. The van der Waals surface area contributed by atoms with E-state index >= 15 is 0 Å². The van der Waals surface area contributed by atoms with E-state index in [1.165, 1.54) is 5.69 Å². The molecule has 1 aliphatic rings. The van der Waals surface area contributed by atoms with E-state index in [-0.39, 0.29) is 24.0 Å². The molecule has 1 aliphatic heterocycles. The highest BCUT2D eigenvalue weighted by atomic mass is 127. The summed E-state index contributed by atoms with van der Waals surface area (Å²) in [5.74, 6) is 1.01. The Morgan fingerprint density at radius 3 is 3.13 bits per heavy atom. The number of fused-ring (bicyclic) bond motifs is 2. The Morgan fingerprint density at radius 1 is 1.40 bits per heavy atom.